The number of likely N-dealkylation sites (tertiary alicyclic amines) is 1. The predicted octanol–water partition coefficient (Wildman–Crippen LogP) is 4.12. The average molecular weight is 323 g/mol. The van der Waals surface area contributed by atoms with Gasteiger partial charge in [-0.05, 0) is 61.9 Å². The molecule has 0 saturated carbocycles. The lowest BCUT2D eigenvalue weighted by atomic mass is 9.75. The van der Waals surface area contributed by atoms with Crippen molar-refractivity contribution in [3.05, 3.63) is 70.8 Å². The Kier molecular flexibility index (Phi) is 5.37. The van der Waals surface area contributed by atoms with Gasteiger partial charge in [0.25, 0.3) is 0 Å². The molecule has 0 amide bonds. The average Bonchev–Trinajstić information content (AvgIpc) is 2.59. The van der Waals surface area contributed by atoms with E-state index in [0.717, 1.165) is 32.5 Å². The molecule has 1 fully saturated rings. The van der Waals surface area contributed by atoms with Gasteiger partial charge in [0.15, 0.2) is 0 Å². The van der Waals surface area contributed by atoms with Gasteiger partial charge in [-0.25, -0.2) is 0 Å². The van der Waals surface area contributed by atoms with Crippen molar-refractivity contribution < 1.29 is 5.11 Å². The molecule has 0 radical (unpaired) electrons. The second-order valence-corrected chi connectivity index (χ2v) is 7.50. The Hall–Kier alpha value is -1.64. The van der Waals surface area contributed by atoms with Crippen LogP contribution in [0.5, 0.6) is 0 Å². The maximum absolute atomic E-state index is 10.2. The van der Waals surface area contributed by atoms with Crippen LogP contribution in [0.4, 0.5) is 0 Å². The van der Waals surface area contributed by atoms with Crippen LogP contribution in [0.25, 0.3) is 0 Å². The molecular weight excluding hydrogens is 294 g/mol. The van der Waals surface area contributed by atoms with E-state index in [2.05, 4.69) is 67.3 Å². The van der Waals surface area contributed by atoms with E-state index < -0.39 is 0 Å². The third kappa shape index (κ3) is 3.88. The lowest BCUT2D eigenvalue weighted by Gasteiger charge is -2.42. The van der Waals surface area contributed by atoms with Crippen LogP contribution in [0.1, 0.15) is 35.1 Å². The van der Waals surface area contributed by atoms with Gasteiger partial charge in [-0.1, -0.05) is 48.5 Å². The van der Waals surface area contributed by atoms with E-state index in [1.807, 2.05) is 0 Å². The fourth-order valence-electron chi connectivity index (χ4n) is 4.02. The number of hydrogen-bond acceptors (Lipinski definition) is 2. The van der Waals surface area contributed by atoms with Crippen molar-refractivity contribution in [1.82, 2.24) is 4.90 Å². The summed E-state index contributed by atoms with van der Waals surface area (Å²) in [6.45, 7) is 7.73. The highest BCUT2D eigenvalue weighted by atomic mass is 16.3. The van der Waals surface area contributed by atoms with E-state index >= 15 is 0 Å². The summed E-state index contributed by atoms with van der Waals surface area (Å²) in [6.07, 6.45) is 3.25. The van der Waals surface area contributed by atoms with Crippen molar-refractivity contribution in [3.8, 4) is 0 Å². The Balaban J connectivity index is 1.74. The summed E-state index contributed by atoms with van der Waals surface area (Å²) in [4.78, 5) is 2.53. The summed E-state index contributed by atoms with van der Waals surface area (Å²) < 4.78 is 0. The summed E-state index contributed by atoms with van der Waals surface area (Å²) in [5.74, 6) is 0. The molecule has 2 heteroatoms. The predicted molar refractivity (Wildman–Crippen MR) is 100 cm³/mol. The second kappa shape index (κ2) is 7.50. The Labute approximate surface area is 146 Å². The maximum atomic E-state index is 10.2. The molecule has 1 aliphatic heterocycles. The van der Waals surface area contributed by atoms with Gasteiger partial charge in [0.05, 0.1) is 6.61 Å². The zero-order chi connectivity index (χ0) is 17.0. The van der Waals surface area contributed by atoms with Gasteiger partial charge in [0.2, 0.25) is 0 Å². The van der Waals surface area contributed by atoms with Crippen molar-refractivity contribution >= 4 is 0 Å². The Morgan fingerprint density at radius 3 is 2.21 bits per heavy atom. The third-order valence-electron chi connectivity index (χ3n) is 5.56. The van der Waals surface area contributed by atoms with Crippen LogP contribution in [0.2, 0.25) is 0 Å². The molecule has 0 aliphatic carbocycles. The molecular formula is C22H29NO. The van der Waals surface area contributed by atoms with Crippen molar-refractivity contribution in [1.29, 1.82) is 0 Å². The first-order valence-electron chi connectivity index (χ1n) is 9.04. The first-order chi connectivity index (χ1) is 11.6. The van der Waals surface area contributed by atoms with Crippen LogP contribution in [-0.2, 0) is 13.0 Å². The summed E-state index contributed by atoms with van der Waals surface area (Å²) in [5.41, 5.74) is 5.47. The zero-order valence-electron chi connectivity index (χ0n) is 15.0. The Morgan fingerprint density at radius 1 is 0.958 bits per heavy atom. The molecule has 128 valence electrons. The minimum absolute atomic E-state index is 0.00690. The highest BCUT2D eigenvalue weighted by Gasteiger charge is 2.35. The van der Waals surface area contributed by atoms with Crippen LogP contribution in [0, 0.1) is 19.3 Å². The number of hydrogen-bond donors (Lipinski definition) is 1. The molecule has 1 N–H and O–H groups in total. The number of aliphatic hydroxyl groups excluding tert-OH is 1. The molecule has 24 heavy (non-hydrogen) atoms. The molecule has 1 heterocycles. The van der Waals surface area contributed by atoms with Gasteiger partial charge in [0.1, 0.15) is 0 Å². The minimum Gasteiger partial charge on any atom is -0.396 e. The summed E-state index contributed by atoms with van der Waals surface area (Å²) >= 11 is 0. The zero-order valence-corrected chi connectivity index (χ0v) is 15.0. The normalized spacial score (nSPS) is 21.8. The smallest absolute Gasteiger partial charge is 0.0502 e. The maximum Gasteiger partial charge on any atom is 0.0502 e. The van der Waals surface area contributed by atoms with Gasteiger partial charge in [-0.2, -0.15) is 0 Å². The van der Waals surface area contributed by atoms with Crippen molar-refractivity contribution in [2.24, 2.45) is 5.41 Å². The monoisotopic (exact) mass is 323 g/mol. The van der Waals surface area contributed by atoms with Crippen LogP contribution in [-0.4, -0.2) is 29.7 Å². The van der Waals surface area contributed by atoms with Crippen LogP contribution >= 0.6 is 0 Å². The molecule has 2 aromatic carbocycles. The molecule has 2 aromatic rings. The molecule has 0 unspecified atom stereocenters. The molecule has 1 saturated heterocycles. The lowest BCUT2D eigenvalue weighted by molar-refractivity contribution is 0.0287. The first kappa shape index (κ1) is 17.2. The van der Waals surface area contributed by atoms with Crippen LogP contribution in [0.15, 0.2) is 48.5 Å². The van der Waals surface area contributed by atoms with Crippen molar-refractivity contribution in [2.75, 3.05) is 19.7 Å². The number of aliphatic hydroxyl groups is 1. The number of nitrogens with zero attached hydrogens (tertiary/aromatic N) is 1. The summed E-state index contributed by atoms with van der Waals surface area (Å²) in [5, 5.41) is 10.2. The molecule has 1 atom stereocenters. The summed E-state index contributed by atoms with van der Waals surface area (Å²) in [7, 11) is 0. The largest absolute Gasteiger partial charge is 0.396 e. The molecule has 0 spiro atoms. The number of piperidine rings is 1. The van der Waals surface area contributed by atoms with E-state index in [1.54, 1.807) is 0 Å². The molecule has 2 nitrogen and oxygen atoms in total. The second-order valence-electron chi connectivity index (χ2n) is 7.50. The Morgan fingerprint density at radius 2 is 1.58 bits per heavy atom. The van der Waals surface area contributed by atoms with Crippen molar-refractivity contribution in [3.63, 3.8) is 0 Å². The number of benzene rings is 2. The van der Waals surface area contributed by atoms with Gasteiger partial charge >= 0.3 is 0 Å². The minimum atomic E-state index is -0.00690. The third-order valence-corrected chi connectivity index (χ3v) is 5.56. The SMILES string of the molecule is Cc1ccccc1CN1CCC[C@](CO)(Cc2ccccc2C)C1. The molecule has 1 aliphatic rings. The summed E-state index contributed by atoms with van der Waals surface area (Å²) in [6, 6.07) is 17.2. The van der Waals surface area contributed by atoms with Gasteiger partial charge < -0.3 is 5.11 Å². The van der Waals surface area contributed by atoms with Gasteiger partial charge in [0, 0.05) is 18.5 Å². The fraction of sp³-hybridized carbons (Fsp3) is 0.455. The fourth-order valence-corrected chi connectivity index (χ4v) is 4.02. The van der Waals surface area contributed by atoms with E-state index in [-0.39, 0.29) is 12.0 Å². The number of aryl methyl sites for hydroxylation is 2. The van der Waals surface area contributed by atoms with Gasteiger partial charge in [-0.15, -0.1) is 0 Å². The highest BCUT2D eigenvalue weighted by molar-refractivity contribution is 5.28. The quantitative estimate of drug-likeness (QED) is 0.894. The van der Waals surface area contributed by atoms with E-state index in [1.165, 1.54) is 28.7 Å². The highest BCUT2D eigenvalue weighted by Crippen LogP contribution is 2.35. The van der Waals surface area contributed by atoms with E-state index in [9.17, 15) is 5.11 Å². The first-order valence-corrected chi connectivity index (χ1v) is 9.04. The van der Waals surface area contributed by atoms with E-state index in [0.29, 0.717) is 0 Å². The molecule has 3 rings (SSSR count). The molecule has 0 aromatic heterocycles. The van der Waals surface area contributed by atoms with Crippen LogP contribution < -0.4 is 0 Å². The van der Waals surface area contributed by atoms with Crippen LogP contribution in [0.3, 0.4) is 0 Å². The van der Waals surface area contributed by atoms with Gasteiger partial charge in [-0.3, -0.25) is 4.90 Å². The molecule has 0 bridgehead atoms. The van der Waals surface area contributed by atoms with E-state index in [4.69, 9.17) is 0 Å². The lowest BCUT2D eigenvalue weighted by Crippen LogP contribution is -2.46. The number of rotatable bonds is 5. The van der Waals surface area contributed by atoms with Crippen molar-refractivity contribution in [2.45, 2.75) is 39.7 Å². The Bertz CT molecular complexity index is 681. The topological polar surface area (TPSA) is 23.5 Å². The standard InChI is InChI=1S/C22H29NO/c1-18-8-3-5-10-20(18)14-22(17-24)12-7-13-23(16-22)15-21-11-6-4-9-19(21)2/h3-6,8-11,24H,7,12-17H2,1-2H3/t22-/m0/s1.